The smallest absolute Gasteiger partial charge is 0.339 e. The largest absolute Gasteiger partial charge is 0.491 e. The molecule has 6 heteroatoms. The van der Waals surface area contributed by atoms with Gasteiger partial charge in [0.2, 0.25) is 6.10 Å². The molecular weight excluding hydrogens is 382 g/mol. The average Bonchev–Trinajstić information content (AvgIpc) is 3.51. The van der Waals surface area contributed by atoms with E-state index < -0.39 is 12.1 Å². The summed E-state index contributed by atoms with van der Waals surface area (Å²) in [6, 6.07) is 16.0. The molecule has 0 saturated carbocycles. The quantitative estimate of drug-likeness (QED) is 0.652. The Bertz CT molecular complexity index is 840. The predicted octanol–water partition coefficient (Wildman–Crippen LogP) is 3.76. The maximum atomic E-state index is 13.0. The Labute approximate surface area is 176 Å². The van der Waals surface area contributed by atoms with Gasteiger partial charge in [0.25, 0.3) is 5.91 Å². The van der Waals surface area contributed by atoms with Crippen LogP contribution in [0.3, 0.4) is 0 Å². The minimum absolute atomic E-state index is 0.137. The minimum atomic E-state index is -0.938. The molecule has 2 atom stereocenters. The summed E-state index contributed by atoms with van der Waals surface area (Å²) >= 11 is 0. The van der Waals surface area contributed by atoms with Crippen LogP contribution >= 0.6 is 0 Å². The van der Waals surface area contributed by atoms with E-state index in [1.165, 1.54) is 0 Å². The van der Waals surface area contributed by atoms with Crippen molar-refractivity contribution in [3.63, 3.8) is 0 Å². The molecule has 0 aromatic heterocycles. The lowest BCUT2D eigenvalue weighted by molar-refractivity contribution is -0.140. The molecule has 158 valence electrons. The van der Waals surface area contributed by atoms with Crippen LogP contribution in [0.2, 0.25) is 0 Å². The topological polar surface area (TPSA) is 65.1 Å². The average molecular weight is 409 g/mol. The molecule has 6 nitrogen and oxygen atoms in total. The maximum absolute atomic E-state index is 13.0. The van der Waals surface area contributed by atoms with Crippen LogP contribution in [0.5, 0.6) is 5.75 Å². The SMILES string of the molecule is O=C(O[C@@H](C(=O)N1CCCC1)c1ccccc1)c1ccc(OC[C@H]2CCCO2)cc1. The van der Waals surface area contributed by atoms with Gasteiger partial charge in [-0.05, 0) is 49.9 Å². The number of esters is 1. The monoisotopic (exact) mass is 409 g/mol. The van der Waals surface area contributed by atoms with Gasteiger partial charge >= 0.3 is 5.97 Å². The second kappa shape index (κ2) is 9.76. The summed E-state index contributed by atoms with van der Waals surface area (Å²) in [7, 11) is 0. The molecule has 1 amide bonds. The van der Waals surface area contributed by atoms with Crippen LogP contribution in [0.4, 0.5) is 0 Å². The minimum Gasteiger partial charge on any atom is -0.491 e. The maximum Gasteiger partial charge on any atom is 0.339 e. The predicted molar refractivity (Wildman–Crippen MR) is 111 cm³/mol. The standard InChI is InChI=1S/C24H27NO5/c26-23(25-14-4-5-15-25)22(18-7-2-1-3-8-18)30-24(27)19-10-12-20(13-11-19)29-17-21-9-6-16-28-21/h1-3,7-8,10-13,21-22H,4-6,9,14-17H2/t21-,22-/m1/s1. The summed E-state index contributed by atoms with van der Waals surface area (Å²) in [5, 5.41) is 0. The Morgan fingerprint density at radius 3 is 2.40 bits per heavy atom. The van der Waals surface area contributed by atoms with Gasteiger partial charge in [0.15, 0.2) is 0 Å². The molecule has 2 fully saturated rings. The first-order valence-electron chi connectivity index (χ1n) is 10.6. The number of carbonyl (C=O) groups excluding carboxylic acids is 2. The lowest BCUT2D eigenvalue weighted by Gasteiger charge is -2.23. The molecule has 4 rings (SSSR count). The van der Waals surface area contributed by atoms with Crippen molar-refractivity contribution in [2.45, 2.75) is 37.9 Å². The van der Waals surface area contributed by atoms with Crippen molar-refractivity contribution in [3.05, 3.63) is 65.7 Å². The molecule has 2 aliphatic rings. The molecule has 0 spiro atoms. The van der Waals surface area contributed by atoms with E-state index in [9.17, 15) is 9.59 Å². The molecule has 30 heavy (non-hydrogen) atoms. The second-order valence-corrected chi connectivity index (χ2v) is 7.70. The van der Waals surface area contributed by atoms with Crippen molar-refractivity contribution in [3.8, 4) is 5.75 Å². The number of hydrogen-bond acceptors (Lipinski definition) is 5. The van der Waals surface area contributed by atoms with Gasteiger partial charge in [0.05, 0.1) is 11.7 Å². The van der Waals surface area contributed by atoms with Crippen LogP contribution in [-0.2, 0) is 14.3 Å². The van der Waals surface area contributed by atoms with Gasteiger partial charge in [-0.3, -0.25) is 4.79 Å². The first kappa shape index (κ1) is 20.4. The Kier molecular flexibility index (Phi) is 6.64. The van der Waals surface area contributed by atoms with E-state index in [1.807, 2.05) is 30.3 Å². The summed E-state index contributed by atoms with van der Waals surface area (Å²) < 4.78 is 17.0. The Morgan fingerprint density at radius 2 is 1.73 bits per heavy atom. The third-order valence-corrected chi connectivity index (χ3v) is 5.52. The molecular formula is C24H27NO5. The van der Waals surface area contributed by atoms with Crippen molar-refractivity contribution < 1.29 is 23.8 Å². The van der Waals surface area contributed by atoms with Gasteiger partial charge < -0.3 is 19.1 Å². The molecule has 2 aromatic carbocycles. The fourth-order valence-corrected chi connectivity index (χ4v) is 3.82. The van der Waals surface area contributed by atoms with Crippen molar-refractivity contribution in [1.29, 1.82) is 0 Å². The normalized spacial score (nSPS) is 19.5. The summed E-state index contributed by atoms with van der Waals surface area (Å²) in [6.45, 7) is 2.70. The highest BCUT2D eigenvalue weighted by Crippen LogP contribution is 2.25. The van der Waals surface area contributed by atoms with Crippen LogP contribution in [-0.4, -0.2) is 49.2 Å². The van der Waals surface area contributed by atoms with Gasteiger partial charge in [0, 0.05) is 25.3 Å². The lowest BCUT2D eigenvalue weighted by Crippen LogP contribution is -2.34. The van der Waals surface area contributed by atoms with Crippen LogP contribution in [0.1, 0.15) is 47.7 Å². The zero-order valence-electron chi connectivity index (χ0n) is 17.0. The molecule has 2 aliphatic heterocycles. The van der Waals surface area contributed by atoms with Crippen molar-refractivity contribution in [2.75, 3.05) is 26.3 Å². The fourth-order valence-electron chi connectivity index (χ4n) is 3.82. The van der Waals surface area contributed by atoms with Crippen molar-refractivity contribution in [2.24, 2.45) is 0 Å². The van der Waals surface area contributed by atoms with Gasteiger partial charge in [-0.1, -0.05) is 30.3 Å². The Morgan fingerprint density at radius 1 is 1.00 bits per heavy atom. The van der Waals surface area contributed by atoms with E-state index in [1.54, 1.807) is 29.2 Å². The number of hydrogen-bond donors (Lipinski definition) is 0. The number of carbonyl (C=O) groups is 2. The lowest BCUT2D eigenvalue weighted by atomic mass is 10.1. The third kappa shape index (κ3) is 5.00. The third-order valence-electron chi connectivity index (χ3n) is 5.52. The van der Waals surface area contributed by atoms with Crippen LogP contribution in [0.15, 0.2) is 54.6 Å². The van der Waals surface area contributed by atoms with Crippen molar-refractivity contribution in [1.82, 2.24) is 4.90 Å². The highest BCUT2D eigenvalue weighted by Gasteiger charge is 2.31. The van der Waals surface area contributed by atoms with Gasteiger partial charge in [-0.15, -0.1) is 0 Å². The molecule has 2 aromatic rings. The van der Waals surface area contributed by atoms with Gasteiger partial charge in [-0.25, -0.2) is 4.79 Å². The Balaban J connectivity index is 1.42. The summed E-state index contributed by atoms with van der Waals surface area (Å²) in [5.41, 5.74) is 1.06. The molecule has 2 saturated heterocycles. The van der Waals surface area contributed by atoms with Crippen LogP contribution in [0, 0.1) is 0 Å². The molecule has 0 aliphatic carbocycles. The first-order chi connectivity index (χ1) is 14.7. The molecule has 0 unspecified atom stereocenters. The van der Waals surface area contributed by atoms with Gasteiger partial charge in [-0.2, -0.15) is 0 Å². The zero-order valence-corrected chi connectivity index (χ0v) is 17.0. The van der Waals surface area contributed by atoms with E-state index in [4.69, 9.17) is 14.2 Å². The highest BCUT2D eigenvalue weighted by atomic mass is 16.5. The van der Waals surface area contributed by atoms with E-state index in [0.717, 1.165) is 32.3 Å². The van der Waals surface area contributed by atoms with Gasteiger partial charge in [0.1, 0.15) is 12.4 Å². The number of rotatable bonds is 7. The number of likely N-dealkylation sites (tertiary alicyclic amines) is 1. The van der Waals surface area contributed by atoms with E-state index in [0.29, 0.717) is 36.6 Å². The zero-order chi connectivity index (χ0) is 20.8. The summed E-state index contributed by atoms with van der Waals surface area (Å²) in [6.07, 6.45) is 3.24. The molecule has 2 heterocycles. The first-order valence-corrected chi connectivity index (χ1v) is 10.6. The molecule has 0 N–H and O–H groups in total. The van der Waals surface area contributed by atoms with E-state index in [2.05, 4.69) is 0 Å². The fraction of sp³-hybridized carbons (Fsp3) is 0.417. The Hall–Kier alpha value is -2.86. The van der Waals surface area contributed by atoms with E-state index in [-0.39, 0.29) is 12.0 Å². The number of amides is 1. The number of ether oxygens (including phenoxy) is 3. The highest BCUT2D eigenvalue weighted by molar-refractivity contribution is 5.92. The molecule has 0 bridgehead atoms. The van der Waals surface area contributed by atoms with Crippen LogP contribution < -0.4 is 4.74 Å². The van der Waals surface area contributed by atoms with Crippen LogP contribution in [0.25, 0.3) is 0 Å². The van der Waals surface area contributed by atoms with Crippen molar-refractivity contribution >= 4 is 11.9 Å². The second-order valence-electron chi connectivity index (χ2n) is 7.70. The number of nitrogens with zero attached hydrogens (tertiary/aromatic N) is 1. The van der Waals surface area contributed by atoms with E-state index >= 15 is 0 Å². The molecule has 0 radical (unpaired) electrons. The number of benzene rings is 2. The summed E-state index contributed by atoms with van der Waals surface area (Å²) in [4.78, 5) is 27.5. The summed E-state index contributed by atoms with van der Waals surface area (Å²) in [5.74, 6) is -0.0135.